The van der Waals surface area contributed by atoms with Crippen LogP contribution in [0.1, 0.15) is 29.8 Å². The molecule has 12 nitrogen and oxygen atoms in total. The number of carboxylic acids is 1. The van der Waals surface area contributed by atoms with Crippen LogP contribution in [-0.2, 0) is 9.59 Å². The van der Waals surface area contributed by atoms with Gasteiger partial charge in [-0.3, -0.25) is 14.9 Å². The summed E-state index contributed by atoms with van der Waals surface area (Å²) in [5.74, 6) is -1.98. The first kappa shape index (κ1) is 29.4. The zero-order chi connectivity index (χ0) is 30.0. The molecule has 2 aromatic rings. The van der Waals surface area contributed by atoms with Crippen molar-refractivity contribution in [1.82, 2.24) is 20.4 Å². The van der Waals surface area contributed by atoms with Crippen LogP contribution in [0.4, 0.5) is 0 Å². The second kappa shape index (κ2) is 12.4. The predicted molar refractivity (Wildman–Crippen MR) is 154 cm³/mol. The van der Waals surface area contributed by atoms with Crippen LogP contribution in [0.2, 0.25) is 0 Å². The standard InChI is InChI=1S/C28H28Cl2N6O6/c29-19-9-16-12-35(26(39)22-10-15-3-1-2-4-21(15)42-22)8-6-18(16)24(30)23(19)25(38)34-20(27(40)41)11-32-28(33-14-31)36-7-5-17(37)13-36/h1-4,10,17,19-20,37H,5-9,11-13H2,(H,32,33)(H,34,38)(H,40,41)/t17-,19?,20-/m0/s1. The molecule has 3 aliphatic rings. The number of guanidine groups is 1. The van der Waals surface area contributed by atoms with E-state index in [9.17, 15) is 24.6 Å². The lowest BCUT2D eigenvalue weighted by atomic mass is 9.86. The van der Waals surface area contributed by atoms with Crippen molar-refractivity contribution in [2.45, 2.75) is 36.8 Å². The number of nitrogens with zero attached hydrogens (tertiary/aromatic N) is 4. The number of carbonyl (C=O) groups excluding carboxylic acids is 2. The van der Waals surface area contributed by atoms with Gasteiger partial charge in [0.25, 0.3) is 11.8 Å². The van der Waals surface area contributed by atoms with Crippen molar-refractivity contribution in [2.24, 2.45) is 4.99 Å². The van der Waals surface area contributed by atoms with Gasteiger partial charge in [0.15, 0.2) is 12.0 Å². The second-order valence-corrected chi connectivity index (χ2v) is 11.2. The molecule has 1 saturated heterocycles. The van der Waals surface area contributed by atoms with E-state index >= 15 is 0 Å². The van der Waals surface area contributed by atoms with E-state index in [4.69, 9.17) is 32.9 Å². The lowest BCUT2D eigenvalue weighted by Gasteiger charge is -2.35. The van der Waals surface area contributed by atoms with Crippen molar-refractivity contribution in [3.05, 3.63) is 57.8 Å². The number of aliphatic carboxylic acids is 1. The second-order valence-electron chi connectivity index (χ2n) is 10.3. The summed E-state index contributed by atoms with van der Waals surface area (Å²) in [6.45, 7) is 0.925. The third-order valence-corrected chi connectivity index (χ3v) is 8.31. The molecule has 14 heteroatoms. The molecule has 5 rings (SSSR count). The van der Waals surface area contributed by atoms with E-state index in [-0.39, 0.29) is 54.3 Å². The number of aliphatic imine (C=N–C) groups is 1. The number of alkyl halides is 1. The number of β-amino-alcohol motifs (C(OH)–C–C–N with tert-alkyl or cyclic N) is 1. The Labute approximate surface area is 250 Å². The molecule has 2 amide bonds. The number of likely N-dealkylation sites (tertiary alicyclic amines) is 1. The summed E-state index contributed by atoms with van der Waals surface area (Å²) < 4.78 is 5.74. The SMILES string of the molecule is N#CNC(=NC[C@H](NC(=O)C1=C(Cl)C2=C(CC1Cl)CN(C(=O)c1cc3ccccc3o1)CC2)C(=O)O)N1CC[C@H](O)C1. The van der Waals surface area contributed by atoms with Crippen molar-refractivity contribution in [2.75, 3.05) is 32.7 Å². The minimum Gasteiger partial charge on any atom is -0.480 e. The van der Waals surface area contributed by atoms with Gasteiger partial charge in [0.2, 0.25) is 5.96 Å². The van der Waals surface area contributed by atoms with Crippen LogP contribution in [0.25, 0.3) is 11.0 Å². The molecular formula is C28H28Cl2N6O6. The Morgan fingerprint density at radius 2 is 2.02 bits per heavy atom. The monoisotopic (exact) mass is 614 g/mol. The maximum Gasteiger partial charge on any atom is 0.328 e. The van der Waals surface area contributed by atoms with E-state index < -0.39 is 29.4 Å². The third-order valence-electron chi connectivity index (χ3n) is 7.51. The number of amides is 2. The van der Waals surface area contributed by atoms with E-state index in [1.165, 1.54) is 0 Å². The molecule has 2 aliphatic heterocycles. The van der Waals surface area contributed by atoms with Crippen LogP contribution in [0.15, 0.2) is 61.5 Å². The molecule has 1 aromatic heterocycles. The van der Waals surface area contributed by atoms with Crippen LogP contribution < -0.4 is 10.6 Å². The number of rotatable bonds is 6. The molecule has 4 N–H and O–H groups in total. The van der Waals surface area contributed by atoms with E-state index in [2.05, 4.69) is 15.6 Å². The number of halogens is 2. The fourth-order valence-electron chi connectivity index (χ4n) is 5.36. The Morgan fingerprint density at radius 3 is 2.71 bits per heavy atom. The molecule has 1 aromatic carbocycles. The molecule has 0 saturated carbocycles. The van der Waals surface area contributed by atoms with E-state index in [0.29, 0.717) is 37.1 Å². The van der Waals surface area contributed by atoms with Gasteiger partial charge < -0.3 is 29.7 Å². The van der Waals surface area contributed by atoms with Gasteiger partial charge in [-0.05, 0) is 42.5 Å². The molecule has 1 aliphatic carbocycles. The van der Waals surface area contributed by atoms with Gasteiger partial charge in [-0.25, -0.2) is 9.79 Å². The highest BCUT2D eigenvalue weighted by atomic mass is 35.5. The summed E-state index contributed by atoms with van der Waals surface area (Å²) in [5.41, 5.74) is 2.22. The minimum atomic E-state index is -1.43. The minimum absolute atomic E-state index is 0.0578. The van der Waals surface area contributed by atoms with Gasteiger partial charge in [-0.15, -0.1) is 11.6 Å². The Kier molecular flexibility index (Phi) is 8.72. The number of aliphatic hydroxyl groups excluding tert-OH is 1. The summed E-state index contributed by atoms with van der Waals surface area (Å²) in [7, 11) is 0. The van der Waals surface area contributed by atoms with Gasteiger partial charge in [-0.2, -0.15) is 5.26 Å². The normalized spacial score (nSPS) is 21.7. The number of furan rings is 1. The number of carbonyl (C=O) groups is 3. The number of hydrogen-bond donors (Lipinski definition) is 4. The van der Waals surface area contributed by atoms with Crippen LogP contribution in [0, 0.1) is 11.5 Å². The Morgan fingerprint density at radius 1 is 1.24 bits per heavy atom. The molecule has 1 unspecified atom stereocenters. The topological polar surface area (TPSA) is 172 Å². The van der Waals surface area contributed by atoms with Gasteiger partial charge in [0.1, 0.15) is 11.6 Å². The van der Waals surface area contributed by atoms with E-state index in [0.717, 1.165) is 11.0 Å². The molecular weight excluding hydrogens is 587 g/mol. The molecule has 0 radical (unpaired) electrons. The summed E-state index contributed by atoms with van der Waals surface area (Å²) in [6.07, 6.45) is 2.29. The summed E-state index contributed by atoms with van der Waals surface area (Å²) in [5, 5.41) is 33.6. The Balaban J connectivity index is 1.29. The lowest BCUT2D eigenvalue weighted by Crippen LogP contribution is -2.47. The zero-order valence-corrected chi connectivity index (χ0v) is 23.9. The molecule has 1 fully saturated rings. The highest BCUT2D eigenvalue weighted by Crippen LogP contribution is 2.40. The quantitative estimate of drug-likeness (QED) is 0.125. The number of benzene rings is 1. The van der Waals surface area contributed by atoms with E-state index in [1.807, 2.05) is 18.2 Å². The number of para-hydroxylation sites is 1. The van der Waals surface area contributed by atoms with Crippen LogP contribution in [0.5, 0.6) is 0 Å². The average Bonchev–Trinajstić information content (AvgIpc) is 3.60. The van der Waals surface area contributed by atoms with Gasteiger partial charge in [-0.1, -0.05) is 29.8 Å². The summed E-state index contributed by atoms with van der Waals surface area (Å²) in [4.78, 5) is 45.9. The van der Waals surface area contributed by atoms with Crippen molar-refractivity contribution in [1.29, 1.82) is 5.26 Å². The van der Waals surface area contributed by atoms with Gasteiger partial charge in [0.05, 0.1) is 28.6 Å². The third kappa shape index (κ3) is 6.09. The number of nitrogens with one attached hydrogen (secondary N) is 2. The number of carboxylic acid groups (broad SMARTS) is 1. The van der Waals surface area contributed by atoms with Crippen molar-refractivity contribution >= 4 is 57.9 Å². The maximum absolute atomic E-state index is 13.3. The molecule has 42 heavy (non-hydrogen) atoms. The fourth-order valence-corrected chi connectivity index (χ4v) is 6.26. The first-order chi connectivity index (χ1) is 20.2. The molecule has 3 atom stereocenters. The average molecular weight is 615 g/mol. The maximum atomic E-state index is 13.3. The van der Waals surface area contributed by atoms with Crippen molar-refractivity contribution in [3.63, 3.8) is 0 Å². The number of allylic oxidation sites excluding steroid dienone is 1. The predicted octanol–water partition coefficient (Wildman–Crippen LogP) is 2.14. The van der Waals surface area contributed by atoms with Crippen LogP contribution >= 0.6 is 23.2 Å². The lowest BCUT2D eigenvalue weighted by molar-refractivity contribution is -0.141. The number of fused-ring (bicyclic) bond motifs is 1. The van der Waals surface area contributed by atoms with Crippen LogP contribution in [-0.4, -0.2) is 94.0 Å². The largest absolute Gasteiger partial charge is 0.480 e. The highest BCUT2D eigenvalue weighted by Gasteiger charge is 2.37. The van der Waals surface area contributed by atoms with Gasteiger partial charge in [0, 0.05) is 31.6 Å². The number of nitriles is 1. The Hall–Kier alpha value is -4.05. The van der Waals surface area contributed by atoms with Crippen molar-refractivity contribution < 1.29 is 29.0 Å². The molecule has 0 spiro atoms. The highest BCUT2D eigenvalue weighted by molar-refractivity contribution is 6.37. The molecule has 0 bridgehead atoms. The first-order valence-electron chi connectivity index (χ1n) is 13.3. The summed E-state index contributed by atoms with van der Waals surface area (Å²) in [6, 6.07) is 7.63. The zero-order valence-electron chi connectivity index (χ0n) is 22.3. The molecule has 220 valence electrons. The number of hydrogen-bond acceptors (Lipinski definition) is 7. The van der Waals surface area contributed by atoms with E-state index in [1.54, 1.807) is 28.1 Å². The van der Waals surface area contributed by atoms with Crippen LogP contribution in [0.3, 0.4) is 0 Å². The van der Waals surface area contributed by atoms with Crippen molar-refractivity contribution in [3.8, 4) is 6.19 Å². The first-order valence-corrected chi connectivity index (χ1v) is 14.2. The fraction of sp³-hybridized carbons (Fsp3) is 0.393. The summed E-state index contributed by atoms with van der Waals surface area (Å²) >= 11 is 13.3. The van der Waals surface area contributed by atoms with Gasteiger partial charge >= 0.3 is 5.97 Å². The molecule has 3 heterocycles. The number of aliphatic hydroxyl groups is 1. The smallest absolute Gasteiger partial charge is 0.328 e. The Bertz CT molecular complexity index is 1530.